The third-order valence-corrected chi connectivity index (χ3v) is 4.88. The Morgan fingerprint density at radius 3 is 2.55 bits per heavy atom. The molecular weight excluding hydrogens is 322 g/mol. The Balaban J connectivity index is 0.00000242. The van der Waals surface area contributed by atoms with Gasteiger partial charge >= 0.3 is 0 Å². The highest BCUT2D eigenvalue weighted by molar-refractivity contribution is 7.13. The summed E-state index contributed by atoms with van der Waals surface area (Å²) in [6, 6.07) is 3.96. The fourth-order valence-electron chi connectivity index (χ4n) is 2.47. The molecule has 1 aliphatic rings. The standard InChI is InChI=1S/C15H23N3O2S.ClH/c1-10(9-16)15(20)18-7-5-12(6-8-18)17-14(19)13-4-3-11(2)21-13;/h3-4,10,12H,5-9,16H2,1-2H3,(H,17,19);1H. The number of piperidine rings is 1. The molecule has 5 nitrogen and oxygen atoms in total. The van der Waals surface area contributed by atoms with Crippen LogP contribution in [0.2, 0.25) is 0 Å². The molecule has 1 aliphatic heterocycles. The number of nitrogens with zero attached hydrogens (tertiary/aromatic N) is 1. The van der Waals surface area contributed by atoms with E-state index in [0.717, 1.165) is 22.6 Å². The summed E-state index contributed by atoms with van der Waals surface area (Å²) in [6.45, 7) is 5.61. The van der Waals surface area contributed by atoms with Gasteiger partial charge in [-0.15, -0.1) is 23.7 Å². The molecule has 1 atom stereocenters. The lowest BCUT2D eigenvalue weighted by atomic mass is 10.0. The number of likely N-dealkylation sites (tertiary alicyclic amines) is 1. The molecule has 1 saturated heterocycles. The van der Waals surface area contributed by atoms with Gasteiger partial charge in [-0.3, -0.25) is 9.59 Å². The van der Waals surface area contributed by atoms with E-state index in [2.05, 4.69) is 5.32 Å². The molecule has 0 spiro atoms. The first-order chi connectivity index (χ1) is 10.0. The van der Waals surface area contributed by atoms with E-state index in [4.69, 9.17) is 5.73 Å². The van der Waals surface area contributed by atoms with E-state index in [9.17, 15) is 9.59 Å². The molecular formula is C15H24ClN3O2S. The average Bonchev–Trinajstić information content (AvgIpc) is 2.93. The van der Waals surface area contributed by atoms with Crippen molar-refractivity contribution in [2.75, 3.05) is 19.6 Å². The topological polar surface area (TPSA) is 75.4 Å². The second kappa shape index (κ2) is 8.50. The third-order valence-electron chi connectivity index (χ3n) is 3.88. The van der Waals surface area contributed by atoms with Crippen molar-refractivity contribution < 1.29 is 9.59 Å². The zero-order chi connectivity index (χ0) is 15.4. The van der Waals surface area contributed by atoms with Gasteiger partial charge in [0.15, 0.2) is 0 Å². The highest BCUT2D eigenvalue weighted by Crippen LogP contribution is 2.17. The highest BCUT2D eigenvalue weighted by Gasteiger charge is 2.26. The first kappa shape index (κ1) is 18.9. The van der Waals surface area contributed by atoms with E-state index in [0.29, 0.717) is 19.6 Å². The Labute approximate surface area is 141 Å². The Hall–Kier alpha value is -1.11. The van der Waals surface area contributed by atoms with Crippen molar-refractivity contribution in [3.8, 4) is 0 Å². The maximum atomic E-state index is 12.1. The second-order valence-corrected chi connectivity index (χ2v) is 6.91. The van der Waals surface area contributed by atoms with Crippen LogP contribution in [0.1, 0.15) is 34.3 Å². The van der Waals surface area contributed by atoms with Crippen molar-refractivity contribution in [2.24, 2.45) is 11.7 Å². The van der Waals surface area contributed by atoms with Crippen LogP contribution in [0, 0.1) is 12.8 Å². The Bertz CT molecular complexity index is 513. The molecule has 0 radical (unpaired) electrons. The van der Waals surface area contributed by atoms with E-state index < -0.39 is 0 Å². The number of carbonyl (C=O) groups excluding carboxylic acids is 2. The molecule has 0 aromatic carbocycles. The number of rotatable bonds is 4. The van der Waals surface area contributed by atoms with Crippen LogP contribution in [0.3, 0.4) is 0 Å². The summed E-state index contributed by atoms with van der Waals surface area (Å²) in [4.78, 5) is 27.9. The molecule has 0 aliphatic carbocycles. The Kier molecular flexibility index (Phi) is 7.32. The average molecular weight is 346 g/mol. The van der Waals surface area contributed by atoms with Crippen LogP contribution in [-0.4, -0.2) is 42.4 Å². The lowest BCUT2D eigenvalue weighted by molar-refractivity contribution is -0.135. The molecule has 2 amide bonds. The summed E-state index contributed by atoms with van der Waals surface area (Å²) in [5, 5.41) is 3.06. The first-order valence-corrected chi connectivity index (χ1v) is 8.19. The SMILES string of the molecule is Cc1ccc(C(=O)NC2CCN(C(=O)C(C)CN)CC2)s1.Cl. The van der Waals surface area contributed by atoms with E-state index in [-0.39, 0.29) is 36.2 Å². The van der Waals surface area contributed by atoms with Gasteiger partial charge in [0.2, 0.25) is 5.91 Å². The predicted molar refractivity (Wildman–Crippen MR) is 91.6 cm³/mol. The van der Waals surface area contributed by atoms with Crippen molar-refractivity contribution in [3.63, 3.8) is 0 Å². The normalized spacial score (nSPS) is 16.8. The minimum Gasteiger partial charge on any atom is -0.348 e. The number of amides is 2. The Morgan fingerprint density at radius 1 is 1.41 bits per heavy atom. The lowest BCUT2D eigenvalue weighted by Gasteiger charge is -2.33. The van der Waals surface area contributed by atoms with Gasteiger partial charge in [0.25, 0.3) is 5.91 Å². The Morgan fingerprint density at radius 2 is 2.05 bits per heavy atom. The summed E-state index contributed by atoms with van der Waals surface area (Å²) >= 11 is 1.51. The van der Waals surface area contributed by atoms with Gasteiger partial charge in [-0.2, -0.15) is 0 Å². The molecule has 124 valence electrons. The van der Waals surface area contributed by atoms with Crippen LogP contribution in [0.25, 0.3) is 0 Å². The van der Waals surface area contributed by atoms with Gasteiger partial charge < -0.3 is 16.0 Å². The number of halogens is 1. The molecule has 1 aromatic heterocycles. The number of thiophene rings is 1. The number of carbonyl (C=O) groups is 2. The van der Waals surface area contributed by atoms with Gasteiger partial charge in [0.05, 0.1) is 4.88 Å². The molecule has 2 heterocycles. The second-order valence-electron chi connectivity index (χ2n) is 5.62. The highest BCUT2D eigenvalue weighted by atomic mass is 35.5. The number of aryl methyl sites for hydroxylation is 1. The number of nitrogens with two attached hydrogens (primary N) is 1. The maximum absolute atomic E-state index is 12.1. The van der Waals surface area contributed by atoms with Crippen LogP contribution in [0.4, 0.5) is 0 Å². The van der Waals surface area contributed by atoms with Crippen molar-refractivity contribution in [1.29, 1.82) is 0 Å². The van der Waals surface area contributed by atoms with Crippen LogP contribution in [0.5, 0.6) is 0 Å². The molecule has 0 saturated carbocycles. The van der Waals surface area contributed by atoms with Gasteiger partial charge in [-0.05, 0) is 31.9 Å². The monoisotopic (exact) mass is 345 g/mol. The zero-order valence-electron chi connectivity index (χ0n) is 13.0. The van der Waals surface area contributed by atoms with E-state index >= 15 is 0 Å². The molecule has 1 fully saturated rings. The molecule has 0 bridgehead atoms. The van der Waals surface area contributed by atoms with Gasteiger partial charge in [-0.1, -0.05) is 6.92 Å². The summed E-state index contributed by atoms with van der Waals surface area (Å²) in [6.07, 6.45) is 1.61. The molecule has 3 N–H and O–H groups in total. The van der Waals surface area contributed by atoms with Crippen molar-refractivity contribution in [1.82, 2.24) is 10.2 Å². The molecule has 7 heteroatoms. The molecule has 1 aromatic rings. The summed E-state index contributed by atoms with van der Waals surface area (Å²) in [7, 11) is 0. The van der Waals surface area contributed by atoms with Crippen LogP contribution in [-0.2, 0) is 4.79 Å². The minimum absolute atomic E-state index is 0. The summed E-state index contributed by atoms with van der Waals surface area (Å²) < 4.78 is 0. The smallest absolute Gasteiger partial charge is 0.261 e. The van der Waals surface area contributed by atoms with Crippen LogP contribution in [0.15, 0.2) is 12.1 Å². The van der Waals surface area contributed by atoms with Gasteiger partial charge in [0.1, 0.15) is 0 Å². The van der Waals surface area contributed by atoms with E-state index in [1.165, 1.54) is 11.3 Å². The maximum Gasteiger partial charge on any atom is 0.261 e. The lowest BCUT2D eigenvalue weighted by Crippen LogP contribution is -2.48. The fourth-order valence-corrected chi connectivity index (χ4v) is 3.24. The summed E-state index contributed by atoms with van der Waals surface area (Å²) in [5.74, 6) is -0.00500. The first-order valence-electron chi connectivity index (χ1n) is 7.37. The van der Waals surface area contributed by atoms with Gasteiger partial charge in [0, 0.05) is 36.5 Å². The van der Waals surface area contributed by atoms with Crippen molar-refractivity contribution >= 4 is 35.6 Å². The predicted octanol–water partition coefficient (Wildman–Crippen LogP) is 1.79. The van der Waals surface area contributed by atoms with Gasteiger partial charge in [-0.25, -0.2) is 0 Å². The molecule has 1 unspecified atom stereocenters. The van der Waals surface area contributed by atoms with E-state index in [1.54, 1.807) is 0 Å². The number of hydrogen-bond acceptors (Lipinski definition) is 4. The molecule has 22 heavy (non-hydrogen) atoms. The van der Waals surface area contributed by atoms with Crippen molar-refractivity contribution in [3.05, 3.63) is 21.9 Å². The number of nitrogens with one attached hydrogen (secondary N) is 1. The van der Waals surface area contributed by atoms with Crippen molar-refractivity contribution in [2.45, 2.75) is 32.7 Å². The van der Waals surface area contributed by atoms with Crippen LogP contribution >= 0.6 is 23.7 Å². The zero-order valence-corrected chi connectivity index (χ0v) is 14.6. The number of hydrogen-bond donors (Lipinski definition) is 2. The fraction of sp³-hybridized carbons (Fsp3) is 0.600. The molecule has 2 rings (SSSR count). The largest absolute Gasteiger partial charge is 0.348 e. The van der Waals surface area contributed by atoms with Crippen LogP contribution < -0.4 is 11.1 Å². The quantitative estimate of drug-likeness (QED) is 0.873. The van der Waals surface area contributed by atoms with E-state index in [1.807, 2.05) is 30.9 Å². The third kappa shape index (κ3) is 4.69. The summed E-state index contributed by atoms with van der Waals surface area (Å²) in [5.41, 5.74) is 5.54. The minimum atomic E-state index is -0.120.